The van der Waals surface area contributed by atoms with Gasteiger partial charge in [0.05, 0.1) is 23.7 Å². The lowest BCUT2D eigenvalue weighted by molar-refractivity contribution is 0.281. The van der Waals surface area contributed by atoms with Crippen LogP contribution < -0.4 is 10.6 Å². The third kappa shape index (κ3) is 4.50. The lowest BCUT2D eigenvalue weighted by Crippen LogP contribution is -2.21. The zero-order chi connectivity index (χ0) is 18.4. The van der Waals surface area contributed by atoms with E-state index in [0.717, 1.165) is 16.3 Å². The van der Waals surface area contributed by atoms with Gasteiger partial charge >= 0.3 is 0 Å². The molecule has 0 radical (unpaired) electrons. The molecule has 0 aliphatic carbocycles. The van der Waals surface area contributed by atoms with Crippen molar-refractivity contribution in [3.05, 3.63) is 54.7 Å². The van der Waals surface area contributed by atoms with E-state index in [4.69, 9.17) is 0 Å². The number of benzene rings is 1. The molecule has 7 heteroatoms. The predicted octanol–water partition coefficient (Wildman–Crippen LogP) is 3.80. The zero-order valence-corrected chi connectivity index (χ0v) is 15.5. The molecule has 3 aromatic rings. The van der Waals surface area contributed by atoms with Crippen LogP contribution in [0, 0.1) is 0 Å². The summed E-state index contributed by atoms with van der Waals surface area (Å²) >= 11 is 1.67. The van der Waals surface area contributed by atoms with Crippen molar-refractivity contribution in [1.29, 1.82) is 0 Å². The van der Waals surface area contributed by atoms with Gasteiger partial charge in [0.15, 0.2) is 0 Å². The molecule has 0 unspecified atom stereocenters. The third-order valence-electron chi connectivity index (χ3n) is 3.67. The summed E-state index contributed by atoms with van der Waals surface area (Å²) in [5, 5.41) is 15.8. The summed E-state index contributed by atoms with van der Waals surface area (Å²) in [4.78, 5) is 14.6. The van der Waals surface area contributed by atoms with Crippen LogP contribution in [0.3, 0.4) is 0 Å². The first-order valence-electron chi connectivity index (χ1n) is 8.27. The Bertz CT molecular complexity index is 860. The normalized spacial score (nSPS) is 11.8. The Kier molecular flexibility index (Phi) is 6.04. The van der Waals surface area contributed by atoms with Gasteiger partial charge in [-0.25, -0.2) is 4.98 Å². The van der Waals surface area contributed by atoms with E-state index in [1.807, 2.05) is 55.6 Å². The molecule has 1 aromatic carbocycles. The van der Waals surface area contributed by atoms with Crippen LogP contribution in [0.2, 0.25) is 0 Å². The second-order valence-corrected chi connectivity index (χ2v) is 6.58. The van der Waals surface area contributed by atoms with E-state index in [1.165, 1.54) is 0 Å². The number of aliphatic hydroxyl groups excluding tert-OH is 1. The largest absolute Gasteiger partial charge is 0.394 e. The molecule has 0 saturated carbocycles. The minimum absolute atomic E-state index is 0.00472. The van der Waals surface area contributed by atoms with Gasteiger partial charge in [-0.2, -0.15) is 4.98 Å². The van der Waals surface area contributed by atoms with Gasteiger partial charge < -0.3 is 15.7 Å². The Labute approximate surface area is 157 Å². The summed E-state index contributed by atoms with van der Waals surface area (Å²) in [5.41, 5.74) is 2.44. The van der Waals surface area contributed by atoms with E-state index in [2.05, 4.69) is 31.7 Å². The number of nitrogens with zero attached hydrogens (tertiary/aromatic N) is 3. The van der Waals surface area contributed by atoms with Crippen LogP contribution in [-0.4, -0.2) is 39.0 Å². The maximum absolute atomic E-state index is 9.31. The van der Waals surface area contributed by atoms with Gasteiger partial charge in [0.25, 0.3) is 0 Å². The number of aliphatic hydroxyl groups is 1. The summed E-state index contributed by atoms with van der Waals surface area (Å²) < 4.78 is 0. The lowest BCUT2D eigenvalue weighted by Gasteiger charge is -2.15. The number of anilines is 3. The third-order valence-corrected chi connectivity index (χ3v) is 4.47. The van der Waals surface area contributed by atoms with Crippen molar-refractivity contribution >= 4 is 29.2 Å². The van der Waals surface area contributed by atoms with Crippen LogP contribution in [0.15, 0.2) is 59.6 Å². The molecule has 0 bridgehead atoms. The van der Waals surface area contributed by atoms with E-state index < -0.39 is 0 Å². The summed E-state index contributed by atoms with van der Waals surface area (Å²) in [5.74, 6) is 1.11. The van der Waals surface area contributed by atoms with Crippen molar-refractivity contribution in [3.8, 4) is 11.4 Å². The number of aromatic nitrogens is 3. The van der Waals surface area contributed by atoms with Crippen molar-refractivity contribution in [1.82, 2.24) is 15.0 Å². The molecule has 0 fully saturated rings. The van der Waals surface area contributed by atoms with E-state index in [9.17, 15) is 5.11 Å². The molecule has 3 N–H and O–H groups in total. The van der Waals surface area contributed by atoms with Crippen molar-refractivity contribution in [3.63, 3.8) is 0 Å². The van der Waals surface area contributed by atoms with Crippen LogP contribution >= 0.6 is 11.8 Å². The van der Waals surface area contributed by atoms with Gasteiger partial charge in [-0.05, 0) is 37.4 Å². The Morgan fingerprint density at radius 1 is 1.08 bits per heavy atom. The van der Waals surface area contributed by atoms with Crippen molar-refractivity contribution in [2.75, 3.05) is 23.5 Å². The molecular formula is C19H21N5OS. The summed E-state index contributed by atoms with van der Waals surface area (Å²) in [7, 11) is 0. The standard InChI is InChI=1S/C19H21N5OS/c1-13(12-25)21-19-23-16(14-7-5-6-10-20-14)11-18(24-19)22-15-8-3-4-9-17(15)26-2/h3-11,13,25H,12H2,1-2H3,(H2,21,22,23,24)/t13-/m1/s1. The first-order chi connectivity index (χ1) is 12.7. The van der Waals surface area contributed by atoms with Gasteiger partial charge in [0.1, 0.15) is 5.82 Å². The smallest absolute Gasteiger partial charge is 0.225 e. The Morgan fingerprint density at radius 2 is 1.88 bits per heavy atom. The van der Waals surface area contributed by atoms with Gasteiger partial charge in [-0.3, -0.25) is 4.98 Å². The Balaban J connectivity index is 1.99. The maximum Gasteiger partial charge on any atom is 0.225 e. The van der Waals surface area contributed by atoms with Crippen LogP contribution in [0.1, 0.15) is 6.92 Å². The van der Waals surface area contributed by atoms with Crippen LogP contribution in [0.25, 0.3) is 11.4 Å². The average molecular weight is 367 g/mol. The molecule has 3 rings (SSSR count). The number of hydrogen-bond acceptors (Lipinski definition) is 7. The second kappa shape index (κ2) is 8.64. The van der Waals surface area contributed by atoms with Gasteiger partial charge in [0, 0.05) is 23.2 Å². The number of hydrogen-bond donors (Lipinski definition) is 3. The highest BCUT2D eigenvalue weighted by Crippen LogP contribution is 2.28. The van der Waals surface area contributed by atoms with E-state index in [1.54, 1.807) is 18.0 Å². The average Bonchev–Trinajstić information content (AvgIpc) is 2.69. The number of nitrogens with one attached hydrogen (secondary N) is 2. The molecule has 0 amide bonds. The monoisotopic (exact) mass is 367 g/mol. The van der Waals surface area contributed by atoms with Crippen molar-refractivity contribution in [2.45, 2.75) is 17.9 Å². The zero-order valence-electron chi connectivity index (χ0n) is 14.7. The number of rotatable bonds is 7. The molecule has 2 aromatic heterocycles. The first kappa shape index (κ1) is 18.2. The molecule has 6 nitrogen and oxygen atoms in total. The van der Waals surface area contributed by atoms with Gasteiger partial charge in [-0.1, -0.05) is 18.2 Å². The van der Waals surface area contributed by atoms with Crippen LogP contribution in [0.4, 0.5) is 17.5 Å². The SMILES string of the molecule is CSc1ccccc1Nc1cc(-c2ccccn2)nc(N[C@H](C)CO)n1. The minimum Gasteiger partial charge on any atom is -0.394 e. The summed E-state index contributed by atoms with van der Waals surface area (Å²) in [6.07, 6.45) is 3.77. The molecule has 0 aliphatic rings. The van der Waals surface area contributed by atoms with Crippen LogP contribution in [-0.2, 0) is 0 Å². The van der Waals surface area contributed by atoms with E-state index in [0.29, 0.717) is 17.5 Å². The van der Waals surface area contributed by atoms with Gasteiger partial charge in [0.2, 0.25) is 5.95 Å². The second-order valence-electron chi connectivity index (χ2n) is 5.73. The fourth-order valence-corrected chi connectivity index (χ4v) is 2.93. The van der Waals surface area contributed by atoms with E-state index in [-0.39, 0.29) is 12.6 Å². The summed E-state index contributed by atoms with van der Waals surface area (Å²) in [6.45, 7) is 1.86. The molecule has 1 atom stereocenters. The molecule has 0 spiro atoms. The molecule has 0 saturated heterocycles. The first-order valence-corrected chi connectivity index (χ1v) is 9.50. The highest BCUT2D eigenvalue weighted by molar-refractivity contribution is 7.98. The fourth-order valence-electron chi connectivity index (χ4n) is 2.37. The molecule has 134 valence electrons. The molecule has 2 heterocycles. The lowest BCUT2D eigenvalue weighted by atomic mass is 10.2. The topological polar surface area (TPSA) is 83.0 Å². The van der Waals surface area contributed by atoms with Crippen LogP contribution in [0.5, 0.6) is 0 Å². The van der Waals surface area contributed by atoms with E-state index >= 15 is 0 Å². The fraction of sp³-hybridized carbons (Fsp3) is 0.211. The quantitative estimate of drug-likeness (QED) is 0.548. The Hall–Kier alpha value is -2.64. The molecule has 26 heavy (non-hydrogen) atoms. The van der Waals surface area contributed by atoms with Crippen molar-refractivity contribution in [2.24, 2.45) is 0 Å². The minimum atomic E-state index is -0.152. The molecule has 0 aliphatic heterocycles. The predicted molar refractivity (Wildman–Crippen MR) is 107 cm³/mol. The van der Waals surface area contributed by atoms with Gasteiger partial charge in [-0.15, -0.1) is 11.8 Å². The highest BCUT2D eigenvalue weighted by Gasteiger charge is 2.11. The van der Waals surface area contributed by atoms with Crippen molar-refractivity contribution < 1.29 is 5.11 Å². The number of pyridine rings is 1. The highest BCUT2D eigenvalue weighted by atomic mass is 32.2. The number of thioether (sulfide) groups is 1. The summed E-state index contributed by atoms with van der Waals surface area (Å²) in [6, 6.07) is 15.5. The molecular weight excluding hydrogens is 346 g/mol. The maximum atomic E-state index is 9.31. The number of para-hydroxylation sites is 1. The Morgan fingerprint density at radius 3 is 2.62 bits per heavy atom.